The molecule has 26 heavy (non-hydrogen) atoms. The Labute approximate surface area is 155 Å². The summed E-state index contributed by atoms with van der Waals surface area (Å²) in [5, 5.41) is 11.4. The summed E-state index contributed by atoms with van der Waals surface area (Å²) in [4.78, 5) is 12.2. The summed E-state index contributed by atoms with van der Waals surface area (Å²) in [5.74, 6) is 3.07. The molecule has 9 heteroatoms. The van der Waals surface area contributed by atoms with Gasteiger partial charge in [0.25, 0.3) is 5.89 Å². The van der Waals surface area contributed by atoms with Crippen molar-refractivity contribution < 1.29 is 9.05 Å². The maximum atomic E-state index is 5.57. The van der Waals surface area contributed by atoms with E-state index in [0.717, 1.165) is 30.1 Å². The maximum Gasteiger partial charge on any atom is 0.259 e. The third kappa shape index (κ3) is 3.64. The Morgan fingerprint density at radius 3 is 2.92 bits per heavy atom. The Morgan fingerprint density at radius 2 is 2.12 bits per heavy atom. The Bertz CT molecular complexity index is 880. The highest BCUT2D eigenvalue weighted by Crippen LogP contribution is 2.33. The van der Waals surface area contributed by atoms with E-state index in [9.17, 15) is 0 Å². The number of benzene rings is 1. The molecule has 136 valence electrons. The van der Waals surface area contributed by atoms with Crippen molar-refractivity contribution in [3.8, 4) is 11.5 Å². The van der Waals surface area contributed by atoms with Crippen molar-refractivity contribution in [3.05, 3.63) is 41.8 Å². The second-order valence-corrected chi connectivity index (χ2v) is 7.20. The van der Waals surface area contributed by atoms with Gasteiger partial charge in [0, 0.05) is 24.5 Å². The van der Waals surface area contributed by atoms with Crippen LogP contribution < -0.4 is 5.32 Å². The van der Waals surface area contributed by atoms with Crippen LogP contribution in [0.2, 0.25) is 0 Å². The molecule has 1 aromatic carbocycles. The molecule has 1 aliphatic rings. The number of thioether (sulfide) groups is 1. The first-order valence-corrected chi connectivity index (χ1v) is 9.45. The molecule has 1 aliphatic heterocycles. The number of hydrogen-bond acceptors (Lipinski definition) is 9. The van der Waals surface area contributed by atoms with Gasteiger partial charge in [-0.15, -0.1) is 11.8 Å². The first kappa shape index (κ1) is 17.2. The smallest absolute Gasteiger partial charge is 0.259 e. The summed E-state index contributed by atoms with van der Waals surface area (Å²) in [5.41, 5.74) is 0.916. The number of likely N-dealkylation sites (N-methyl/N-ethyl adjacent to an activating group) is 1. The number of nitrogens with zero attached hydrogens (tertiary/aromatic N) is 5. The lowest BCUT2D eigenvalue weighted by Crippen LogP contribution is -2.44. The summed E-state index contributed by atoms with van der Waals surface area (Å²) in [7, 11) is 2.08. The van der Waals surface area contributed by atoms with E-state index in [4.69, 9.17) is 9.05 Å². The van der Waals surface area contributed by atoms with Gasteiger partial charge in [-0.25, -0.2) is 0 Å². The van der Waals surface area contributed by atoms with Crippen molar-refractivity contribution in [2.45, 2.75) is 23.6 Å². The topological polar surface area (TPSA) is 93.1 Å². The van der Waals surface area contributed by atoms with E-state index in [-0.39, 0.29) is 6.04 Å². The molecular weight excluding hydrogens is 352 g/mol. The van der Waals surface area contributed by atoms with E-state index in [2.05, 4.69) is 37.5 Å². The van der Waals surface area contributed by atoms with Gasteiger partial charge in [-0.3, -0.25) is 4.90 Å². The van der Waals surface area contributed by atoms with Crippen molar-refractivity contribution in [1.82, 2.24) is 30.5 Å². The molecule has 2 aromatic heterocycles. The second kappa shape index (κ2) is 7.56. The molecule has 1 saturated heterocycles. The molecule has 1 N–H and O–H groups in total. The van der Waals surface area contributed by atoms with Gasteiger partial charge in [0.1, 0.15) is 0 Å². The summed E-state index contributed by atoms with van der Waals surface area (Å²) >= 11 is 1.61. The molecule has 4 rings (SSSR count). The SMILES string of the molecule is Cc1noc(CSc2ccccc2-c2nc(C3CNCCN3C)no2)n1. The van der Waals surface area contributed by atoms with Crippen LogP contribution in [0.3, 0.4) is 0 Å². The Balaban J connectivity index is 1.54. The third-order valence-corrected chi connectivity index (χ3v) is 5.35. The fraction of sp³-hybridized carbons (Fsp3) is 0.412. The van der Waals surface area contributed by atoms with E-state index < -0.39 is 0 Å². The molecule has 3 heterocycles. The molecule has 0 radical (unpaired) electrons. The van der Waals surface area contributed by atoms with Gasteiger partial charge in [-0.1, -0.05) is 22.4 Å². The van der Waals surface area contributed by atoms with Crippen LogP contribution in [0.1, 0.15) is 23.6 Å². The standard InChI is InChI=1S/C17H20N6O2S/c1-11-19-15(24-21-11)10-26-14-6-4-3-5-12(14)17-20-16(22-25-17)13-9-18-7-8-23(13)2/h3-6,13,18H,7-10H2,1-2H3. The Kier molecular flexibility index (Phi) is 5.00. The van der Waals surface area contributed by atoms with E-state index in [1.54, 1.807) is 11.8 Å². The number of rotatable bonds is 5. The van der Waals surface area contributed by atoms with Crippen LogP contribution in [-0.2, 0) is 5.75 Å². The maximum absolute atomic E-state index is 5.57. The fourth-order valence-corrected chi connectivity index (χ4v) is 3.76. The van der Waals surface area contributed by atoms with Gasteiger partial charge in [0.15, 0.2) is 11.6 Å². The largest absolute Gasteiger partial charge is 0.338 e. The lowest BCUT2D eigenvalue weighted by molar-refractivity contribution is 0.190. The number of hydrogen-bond donors (Lipinski definition) is 1. The minimum atomic E-state index is 0.127. The first-order chi connectivity index (χ1) is 12.7. The van der Waals surface area contributed by atoms with Crippen molar-refractivity contribution in [1.29, 1.82) is 0 Å². The van der Waals surface area contributed by atoms with Gasteiger partial charge < -0.3 is 14.4 Å². The lowest BCUT2D eigenvalue weighted by atomic mass is 10.2. The van der Waals surface area contributed by atoms with E-state index >= 15 is 0 Å². The van der Waals surface area contributed by atoms with Crippen LogP contribution in [0.5, 0.6) is 0 Å². The second-order valence-electron chi connectivity index (χ2n) is 6.18. The highest BCUT2D eigenvalue weighted by Gasteiger charge is 2.26. The molecular formula is C17H20N6O2S. The van der Waals surface area contributed by atoms with Gasteiger partial charge in [-0.2, -0.15) is 9.97 Å². The minimum absolute atomic E-state index is 0.127. The van der Waals surface area contributed by atoms with Crippen LogP contribution >= 0.6 is 11.8 Å². The zero-order chi connectivity index (χ0) is 17.9. The molecule has 1 atom stereocenters. The third-order valence-electron chi connectivity index (χ3n) is 4.29. The molecule has 0 bridgehead atoms. The predicted molar refractivity (Wildman–Crippen MR) is 96.6 cm³/mol. The average molecular weight is 372 g/mol. The predicted octanol–water partition coefficient (Wildman–Crippen LogP) is 2.30. The van der Waals surface area contributed by atoms with Crippen LogP contribution in [0.25, 0.3) is 11.5 Å². The summed E-state index contributed by atoms with van der Waals surface area (Å²) in [6.07, 6.45) is 0. The zero-order valence-corrected chi connectivity index (χ0v) is 15.5. The van der Waals surface area contributed by atoms with E-state index in [1.807, 2.05) is 31.2 Å². The zero-order valence-electron chi connectivity index (χ0n) is 14.7. The van der Waals surface area contributed by atoms with Crippen LogP contribution in [-0.4, -0.2) is 51.9 Å². The number of aromatic nitrogens is 4. The highest BCUT2D eigenvalue weighted by molar-refractivity contribution is 7.98. The summed E-state index contributed by atoms with van der Waals surface area (Å²) in [6.45, 7) is 4.57. The van der Waals surface area contributed by atoms with E-state index in [1.165, 1.54) is 0 Å². The quantitative estimate of drug-likeness (QED) is 0.677. The summed E-state index contributed by atoms with van der Waals surface area (Å²) < 4.78 is 10.7. The molecule has 1 fully saturated rings. The Morgan fingerprint density at radius 1 is 1.23 bits per heavy atom. The molecule has 3 aromatic rings. The van der Waals surface area contributed by atoms with Gasteiger partial charge in [0.05, 0.1) is 17.4 Å². The fourth-order valence-electron chi connectivity index (χ4n) is 2.88. The first-order valence-electron chi connectivity index (χ1n) is 8.46. The minimum Gasteiger partial charge on any atom is -0.338 e. The molecule has 8 nitrogen and oxygen atoms in total. The van der Waals surface area contributed by atoms with Crippen molar-refractivity contribution >= 4 is 11.8 Å². The molecule has 0 spiro atoms. The lowest BCUT2D eigenvalue weighted by Gasteiger charge is -2.30. The Hall–Kier alpha value is -2.23. The van der Waals surface area contributed by atoms with Crippen molar-refractivity contribution in [3.63, 3.8) is 0 Å². The van der Waals surface area contributed by atoms with Gasteiger partial charge >= 0.3 is 0 Å². The number of nitrogens with one attached hydrogen (secondary N) is 1. The molecule has 0 amide bonds. The van der Waals surface area contributed by atoms with Crippen molar-refractivity contribution in [2.75, 3.05) is 26.7 Å². The van der Waals surface area contributed by atoms with Gasteiger partial charge in [0.2, 0.25) is 5.89 Å². The van der Waals surface area contributed by atoms with E-state index in [0.29, 0.717) is 29.2 Å². The monoisotopic (exact) mass is 372 g/mol. The molecule has 0 saturated carbocycles. The van der Waals surface area contributed by atoms with Gasteiger partial charge in [-0.05, 0) is 26.1 Å². The average Bonchev–Trinajstić information content (AvgIpc) is 3.30. The van der Waals surface area contributed by atoms with Crippen molar-refractivity contribution in [2.24, 2.45) is 0 Å². The molecule has 0 aliphatic carbocycles. The summed E-state index contributed by atoms with van der Waals surface area (Å²) in [6, 6.07) is 8.10. The highest BCUT2D eigenvalue weighted by atomic mass is 32.2. The van der Waals surface area contributed by atoms with Crippen LogP contribution in [0, 0.1) is 6.92 Å². The number of aryl methyl sites for hydroxylation is 1. The van der Waals surface area contributed by atoms with Crippen LogP contribution in [0.15, 0.2) is 38.2 Å². The van der Waals surface area contributed by atoms with Crippen LogP contribution in [0.4, 0.5) is 0 Å². The molecule has 1 unspecified atom stereocenters. The number of piperazine rings is 1. The normalized spacial score (nSPS) is 18.3.